The fourth-order valence-electron chi connectivity index (χ4n) is 2.57. The molecule has 1 aromatic rings. The van der Waals surface area contributed by atoms with E-state index in [2.05, 4.69) is 29.8 Å². The van der Waals surface area contributed by atoms with Gasteiger partial charge in [0.15, 0.2) is 0 Å². The van der Waals surface area contributed by atoms with Crippen molar-refractivity contribution in [2.75, 3.05) is 6.61 Å². The van der Waals surface area contributed by atoms with Crippen molar-refractivity contribution in [3.05, 3.63) is 28.7 Å². The molecule has 1 rings (SSSR count). The van der Waals surface area contributed by atoms with Crippen LogP contribution < -0.4 is 4.74 Å². The van der Waals surface area contributed by atoms with Crippen molar-refractivity contribution in [2.24, 2.45) is 5.92 Å². The summed E-state index contributed by atoms with van der Waals surface area (Å²) in [6.45, 7) is 5.49. The molecule has 0 radical (unpaired) electrons. The van der Waals surface area contributed by atoms with E-state index in [1.807, 2.05) is 24.3 Å². The van der Waals surface area contributed by atoms with Gasteiger partial charge in [0, 0.05) is 4.47 Å². The van der Waals surface area contributed by atoms with Crippen LogP contribution in [0.25, 0.3) is 0 Å². The molecule has 0 aliphatic heterocycles. The van der Waals surface area contributed by atoms with Gasteiger partial charge in [-0.15, -0.1) is 0 Å². The number of ether oxygens (including phenoxy) is 1. The van der Waals surface area contributed by atoms with Gasteiger partial charge < -0.3 is 4.74 Å². The van der Waals surface area contributed by atoms with Crippen molar-refractivity contribution >= 4 is 15.9 Å². The van der Waals surface area contributed by atoms with E-state index in [1.54, 1.807) is 0 Å². The molecule has 1 unspecified atom stereocenters. The van der Waals surface area contributed by atoms with Crippen LogP contribution in [-0.2, 0) is 0 Å². The van der Waals surface area contributed by atoms with Crippen LogP contribution in [0.2, 0.25) is 0 Å². The number of halogens is 1. The standard InChI is InChI=1S/C19H31BrO/c1-3-4-5-6-7-8-10-17(2)11-9-16-21-19-14-12-18(20)13-15-19/h12-15,17H,3-11,16H2,1-2H3. The number of benzene rings is 1. The smallest absolute Gasteiger partial charge is 0.119 e. The van der Waals surface area contributed by atoms with Gasteiger partial charge in [-0.3, -0.25) is 0 Å². The van der Waals surface area contributed by atoms with Crippen LogP contribution in [-0.4, -0.2) is 6.61 Å². The largest absolute Gasteiger partial charge is 0.494 e. The molecule has 0 aliphatic rings. The molecule has 0 aromatic heterocycles. The lowest BCUT2D eigenvalue weighted by atomic mass is 9.98. The quantitative estimate of drug-likeness (QED) is 0.367. The molecule has 0 heterocycles. The van der Waals surface area contributed by atoms with Crippen LogP contribution in [0.3, 0.4) is 0 Å². The summed E-state index contributed by atoms with van der Waals surface area (Å²) in [6.07, 6.45) is 12.2. The fraction of sp³-hybridized carbons (Fsp3) is 0.684. The zero-order valence-electron chi connectivity index (χ0n) is 13.7. The lowest BCUT2D eigenvalue weighted by Crippen LogP contribution is -2.01. The van der Waals surface area contributed by atoms with Gasteiger partial charge >= 0.3 is 0 Å². The predicted octanol–water partition coefficient (Wildman–Crippen LogP) is 6.99. The highest BCUT2D eigenvalue weighted by molar-refractivity contribution is 9.10. The molecule has 1 atom stereocenters. The van der Waals surface area contributed by atoms with E-state index in [9.17, 15) is 0 Å². The minimum absolute atomic E-state index is 0.836. The topological polar surface area (TPSA) is 9.23 Å². The van der Waals surface area contributed by atoms with Gasteiger partial charge in [-0.1, -0.05) is 74.7 Å². The third-order valence-corrected chi connectivity index (χ3v) is 4.50. The molecule has 0 N–H and O–H groups in total. The molecule has 2 heteroatoms. The Balaban J connectivity index is 1.95. The highest BCUT2D eigenvalue weighted by Crippen LogP contribution is 2.18. The summed E-state index contributed by atoms with van der Waals surface area (Å²) >= 11 is 3.43. The van der Waals surface area contributed by atoms with E-state index in [1.165, 1.54) is 51.4 Å². The zero-order chi connectivity index (χ0) is 15.3. The summed E-state index contributed by atoms with van der Waals surface area (Å²) < 4.78 is 6.86. The highest BCUT2D eigenvalue weighted by Gasteiger charge is 2.02. The van der Waals surface area contributed by atoms with Crippen LogP contribution in [0, 0.1) is 5.92 Å². The van der Waals surface area contributed by atoms with Crippen LogP contribution in [0.5, 0.6) is 5.75 Å². The zero-order valence-corrected chi connectivity index (χ0v) is 15.3. The molecule has 0 saturated carbocycles. The average molecular weight is 355 g/mol. The molecule has 0 fully saturated rings. The normalized spacial score (nSPS) is 12.3. The molecule has 0 aliphatic carbocycles. The molecule has 0 bridgehead atoms. The summed E-state index contributed by atoms with van der Waals surface area (Å²) in [4.78, 5) is 0. The Morgan fingerprint density at radius 1 is 0.905 bits per heavy atom. The minimum atomic E-state index is 0.836. The van der Waals surface area contributed by atoms with Crippen molar-refractivity contribution in [3.8, 4) is 5.75 Å². The summed E-state index contributed by atoms with van der Waals surface area (Å²) in [5, 5.41) is 0. The molecule has 21 heavy (non-hydrogen) atoms. The number of hydrogen-bond acceptors (Lipinski definition) is 1. The van der Waals surface area contributed by atoms with Crippen LogP contribution in [0.1, 0.15) is 71.6 Å². The van der Waals surface area contributed by atoms with Crippen molar-refractivity contribution < 1.29 is 4.74 Å². The van der Waals surface area contributed by atoms with Crippen molar-refractivity contribution in [3.63, 3.8) is 0 Å². The van der Waals surface area contributed by atoms with Gasteiger partial charge in [0.05, 0.1) is 6.61 Å². The minimum Gasteiger partial charge on any atom is -0.494 e. The SMILES string of the molecule is CCCCCCCCC(C)CCCOc1ccc(Br)cc1. The van der Waals surface area contributed by atoms with Gasteiger partial charge in [0.1, 0.15) is 5.75 Å². The molecule has 1 nitrogen and oxygen atoms in total. The number of unbranched alkanes of at least 4 members (excludes halogenated alkanes) is 5. The number of rotatable bonds is 12. The van der Waals surface area contributed by atoms with E-state index in [-0.39, 0.29) is 0 Å². The second kappa shape index (κ2) is 12.1. The Labute approximate surface area is 139 Å². The second-order valence-corrected chi connectivity index (χ2v) is 7.02. The van der Waals surface area contributed by atoms with Crippen molar-refractivity contribution in [1.29, 1.82) is 0 Å². The van der Waals surface area contributed by atoms with Gasteiger partial charge in [0.2, 0.25) is 0 Å². The van der Waals surface area contributed by atoms with Gasteiger partial charge in [-0.25, -0.2) is 0 Å². The molecular weight excluding hydrogens is 324 g/mol. The third-order valence-electron chi connectivity index (χ3n) is 3.97. The Hall–Kier alpha value is -0.500. The molecule has 0 spiro atoms. The average Bonchev–Trinajstić information content (AvgIpc) is 2.49. The third kappa shape index (κ3) is 9.95. The molecule has 0 amide bonds. The van der Waals surface area contributed by atoms with E-state index in [4.69, 9.17) is 4.74 Å². The Kier molecular flexibility index (Phi) is 10.7. The maximum absolute atomic E-state index is 5.76. The van der Waals surface area contributed by atoms with Crippen LogP contribution >= 0.6 is 15.9 Å². The molecule has 120 valence electrons. The highest BCUT2D eigenvalue weighted by atomic mass is 79.9. The van der Waals surface area contributed by atoms with Gasteiger partial charge in [-0.05, 0) is 43.0 Å². The van der Waals surface area contributed by atoms with E-state index >= 15 is 0 Å². The van der Waals surface area contributed by atoms with Crippen molar-refractivity contribution in [1.82, 2.24) is 0 Å². The van der Waals surface area contributed by atoms with E-state index in [0.717, 1.165) is 29.2 Å². The van der Waals surface area contributed by atoms with Crippen LogP contribution in [0.15, 0.2) is 28.7 Å². The Morgan fingerprint density at radius 3 is 2.24 bits per heavy atom. The Bertz CT molecular complexity index is 347. The predicted molar refractivity (Wildman–Crippen MR) is 96.0 cm³/mol. The maximum atomic E-state index is 5.76. The van der Waals surface area contributed by atoms with E-state index in [0.29, 0.717) is 0 Å². The summed E-state index contributed by atoms with van der Waals surface area (Å²) in [5.74, 6) is 1.81. The lowest BCUT2D eigenvalue weighted by Gasteiger charge is -2.12. The van der Waals surface area contributed by atoms with Gasteiger partial charge in [-0.2, -0.15) is 0 Å². The first-order valence-electron chi connectivity index (χ1n) is 8.60. The summed E-state index contributed by atoms with van der Waals surface area (Å²) in [5.41, 5.74) is 0. The van der Waals surface area contributed by atoms with Crippen LogP contribution in [0.4, 0.5) is 0 Å². The summed E-state index contributed by atoms with van der Waals surface area (Å²) in [6, 6.07) is 8.08. The fourth-order valence-corrected chi connectivity index (χ4v) is 2.83. The first kappa shape index (κ1) is 18.5. The summed E-state index contributed by atoms with van der Waals surface area (Å²) in [7, 11) is 0. The molecular formula is C19H31BrO. The number of hydrogen-bond donors (Lipinski definition) is 0. The van der Waals surface area contributed by atoms with Gasteiger partial charge in [0.25, 0.3) is 0 Å². The Morgan fingerprint density at radius 2 is 1.52 bits per heavy atom. The maximum Gasteiger partial charge on any atom is 0.119 e. The molecule has 1 aromatic carbocycles. The van der Waals surface area contributed by atoms with E-state index < -0.39 is 0 Å². The van der Waals surface area contributed by atoms with Crippen molar-refractivity contribution in [2.45, 2.75) is 71.6 Å². The lowest BCUT2D eigenvalue weighted by molar-refractivity contribution is 0.291. The first-order chi connectivity index (χ1) is 10.2. The monoisotopic (exact) mass is 354 g/mol. The second-order valence-electron chi connectivity index (χ2n) is 6.11. The molecule has 0 saturated heterocycles. The first-order valence-corrected chi connectivity index (χ1v) is 9.40.